The highest BCUT2D eigenvalue weighted by Gasteiger charge is 2.41. The van der Waals surface area contributed by atoms with E-state index in [9.17, 15) is 14.0 Å². The molecule has 8 heteroatoms. The highest BCUT2D eigenvalue weighted by molar-refractivity contribution is 6.04. The number of H-pyrrole nitrogens is 1. The fourth-order valence-corrected chi connectivity index (χ4v) is 3.57. The van der Waals surface area contributed by atoms with Crippen molar-refractivity contribution >= 4 is 22.8 Å². The summed E-state index contributed by atoms with van der Waals surface area (Å²) in [4.78, 5) is 28.3. The number of hydrogen-bond donors (Lipinski definition) is 1. The lowest BCUT2D eigenvalue weighted by Gasteiger charge is -2.37. The van der Waals surface area contributed by atoms with Gasteiger partial charge < -0.3 is 9.80 Å². The molecule has 0 radical (unpaired) electrons. The topological polar surface area (TPSA) is 82.2 Å². The van der Waals surface area contributed by atoms with Gasteiger partial charge in [-0.3, -0.25) is 9.59 Å². The Kier molecular flexibility index (Phi) is 3.07. The first-order chi connectivity index (χ1) is 11.0. The van der Waals surface area contributed by atoms with E-state index in [1.807, 2.05) is 11.8 Å². The van der Waals surface area contributed by atoms with Crippen LogP contribution in [0.15, 0.2) is 12.1 Å². The number of benzene rings is 1. The minimum Gasteiger partial charge on any atom is -0.336 e. The highest BCUT2D eigenvalue weighted by Crippen LogP contribution is 2.28. The van der Waals surface area contributed by atoms with Crippen LogP contribution in [0.5, 0.6) is 0 Å². The molecule has 1 aromatic heterocycles. The molecular formula is C15H16FN5O2. The molecule has 0 bridgehead atoms. The zero-order valence-corrected chi connectivity index (χ0v) is 12.6. The Bertz CT molecular complexity index is 804. The minimum absolute atomic E-state index is 0.00599. The molecular weight excluding hydrogens is 301 g/mol. The highest BCUT2D eigenvalue weighted by atomic mass is 19.1. The second-order valence-corrected chi connectivity index (χ2v) is 6.22. The first-order valence-electron chi connectivity index (χ1n) is 7.64. The van der Waals surface area contributed by atoms with E-state index in [-0.39, 0.29) is 29.3 Å². The summed E-state index contributed by atoms with van der Waals surface area (Å²) in [6.45, 7) is 3.36. The maximum Gasteiger partial charge on any atom is 0.256 e. The molecule has 2 fully saturated rings. The van der Waals surface area contributed by atoms with Gasteiger partial charge in [-0.1, -0.05) is 6.92 Å². The van der Waals surface area contributed by atoms with Gasteiger partial charge in [-0.15, -0.1) is 0 Å². The average molecular weight is 317 g/mol. The number of nitrogens with one attached hydrogen (secondary N) is 1. The number of nitrogens with zero attached hydrogens (tertiary/aromatic N) is 4. The quantitative estimate of drug-likeness (QED) is 0.843. The molecule has 2 atom stereocenters. The van der Waals surface area contributed by atoms with Crippen molar-refractivity contribution in [1.82, 2.24) is 25.2 Å². The van der Waals surface area contributed by atoms with Gasteiger partial charge in [0.25, 0.3) is 5.91 Å². The molecule has 2 amide bonds. The van der Waals surface area contributed by atoms with E-state index in [1.54, 1.807) is 4.90 Å². The number of aromatic amines is 1. The van der Waals surface area contributed by atoms with E-state index in [0.717, 1.165) is 6.42 Å². The van der Waals surface area contributed by atoms with Crippen molar-refractivity contribution in [3.05, 3.63) is 23.5 Å². The van der Waals surface area contributed by atoms with Gasteiger partial charge in [0.15, 0.2) is 0 Å². The second-order valence-electron chi connectivity index (χ2n) is 6.22. The summed E-state index contributed by atoms with van der Waals surface area (Å²) in [5.41, 5.74) is 0.908. The van der Waals surface area contributed by atoms with Crippen LogP contribution in [-0.2, 0) is 4.79 Å². The molecule has 120 valence electrons. The molecule has 0 aliphatic carbocycles. The van der Waals surface area contributed by atoms with Crippen LogP contribution in [0.4, 0.5) is 4.39 Å². The molecule has 4 rings (SSSR count). The monoisotopic (exact) mass is 317 g/mol. The Hall–Kier alpha value is -2.51. The Labute approximate surface area is 131 Å². The fraction of sp³-hybridized carbons (Fsp3) is 0.467. The number of halogens is 1. The molecule has 2 aliphatic rings. The standard InChI is InChI=1S/C15H16FN5O2/c1-8-4-10-7-20(2-3-21(10)14(8)22)15(23)11-5-9(16)6-12-13(11)18-19-17-12/h5-6,8,10H,2-4,7H2,1H3,(H,17,18,19). The summed E-state index contributed by atoms with van der Waals surface area (Å²) < 4.78 is 13.7. The number of rotatable bonds is 1. The SMILES string of the molecule is CC1CC2CN(C(=O)c3cc(F)cc4n[nH]nc34)CCN2C1=O. The Balaban J connectivity index is 1.62. The van der Waals surface area contributed by atoms with Gasteiger partial charge in [0, 0.05) is 31.6 Å². The molecule has 2 unspecified atom stereocenters. The molecule has 1 aromatic carbocycles. The van der Waals surface area contributed by atoms with Crippen LogP contribution in [0, 0.1) is 11.7 Å². The smallest absolute Gasteiger partial charge is 0.256 e. The van der Waals surface area contributed by atoms with Crippen LogP contribution >= 0.6 is 0 Å². The van der Waals surface area contributed by atoms with Crippen molar-refractivity contribution in [2.24, 2.45) is 5.92 Å². The largest absolute Gasteiger partial charge is 0.336 e. The first kappa shape index (κ1) is 14.1. The molecule has 0 spiro atoms. The van der Waals surface area contributed by atoms with E-state index in [1.165, 1.54) is 12.1 Å². The third-order valence-electron chi connectivity index (χ3n) is 4.72. The lowest BCUT2D eigenvalue weighted by molar-refractivity contribution is -0.132. The Morgan fingerprint density at radius 1 is 1.35 bits per heavy atom. The van der Waals surface area contributed by atoms with Crippen LogP contribution in [0.25, 0.3) is 11.0 Å². The Morgan fingerprint density at radius 2 is 2.17 bits per heavy atom. The lowest BCUT2D eigenvalue weighted by Crippen LogP contribution is -2.53. The van der Waals surface area contributed by atoms with Crippen LogP contribution in [0.2, 0.25) is 0 Å². The van der Waals surface area contributed by atoms with E-state index in [4.69, 9.17) is 0 Å². The molecule has 3 heterocycles. The fourth-order valence-electron chi connectivity index (χ4n) is 3.57. The number of hydrogen-bond acceptors (Lipinski definition) is 4. The predicted molar refractivity (Wildman–Crippen MR) is 79.0 cm³/mol. The summed E-state index contributed by atoms with van der Waals surface area (Å²) in [6.07, 6.45) is 0.755. The number of aromatic nitrogens is 3. The van der Waals surface area contributed by atoms with Crippen LogP contribution < -0.4 is 0 Å². The van der Waals surface area contributed by atoms with Gasteiger partial charge in [-0.25, -0.2) is 4.39 Å². The Morgan fingerprint density at radius 3 is 3.00 bits per heavy atom. The summed E-state index contributed by atoms with van der Waals surface area (Å²) in [5, 5.41) is 10.2. The number of piperazine rings is 1. The van der Waals surface area contributed by atoms with E-state index >= 15 is 0 Å². The number of carbonyl (C=O) groups excluding carboxylic acids is 2. The van der Waals surface area contributed by atoms with Crippen molar-refractivity contribution in [3.8, 4) is 0 Å². The molecule has 2 saturated heterocycles. The predicted octanol–water partition coefficient (Wildman–Crippen LogP) is 0.790. The van der Waals surface area contributed by atoms with Crippen molar-refractivity contribution in [2.45, 2.75) is 19.4 Å². The molecule has 0 saturated carbocycles. The molecule has 2 aliphatic heterocycles. The van der Waals surface area contributed by atoms with Crippen molar-refractivity contribution < 1.29 is 14.0 Å². The summed E-state index contributed by atoms with van der Waals surface area (Å²) in [7, 11) is 0. The summed E-state index contributed by atoms with van der Waals surface area (Å²) in [6, 6.07) is 2.49. The van der Waals surface area contributed by atoms with Crippen LogP contribution in [-0.4, -0.2) is 62.7 Å². The normalized spacial score (nSPS) is 24.3. The van der Waals surface area contributed by atoms with Gasteiger partial charge in [-0.05, 0) is 12.5 Å². The minimum atomic E-state index is -0.516. The van der Waals surface area contributed by atoms with Crippen molar-refractivity contribution in [3.63, 3.8) is 0 Å². The number of amides is 2. The average Bonchev–Trinajstić information content (AvgIpc) is 3.10. The van der Waals surface area contributed by atoms with E-state index < -0.39 is 5.82 Å². The summed E-state index contributed by atoms with van der Waals surface area (Å²) >= 11 is 0. The van der Waals surface area contributed by atoms with Gasteiger partial charge in [0.2, 0.25) is 5.91 Å². The first-order valence-corrected chi connectivity index (χ1v) is 7.64. The van der Waals surface area contributed by atoms with Crippen LogP contribution in [0.1, 0.15) is 23.7 Å². The third kappa shape index (κ3) is 2.16. The zero-order valence-electron chi connectivity index (χ0n) is 12.6. The number of fused-ring (bicyclic) bond motifs is 2. The van der Waals surface area contributed by atoms with E-state index in [2.05, 4.69) is 15.4 Å². The summed E-state index contributed by atoms with van der Waals surface area (Å²) in [5.74, 6) is -0.619. The lowest BCUT2D eigenvalue weighted by atomic mass is 10.1. The third-order valence-corrected chi connectivity index (χ3v) is 4.72. The van der Waals surface area contributed by atoms with Crippen molar-refractivity contribution in [2.75, 3.05) is 19.6 Å². The van der Waals surface area contributed by atoms with Crippen LogP contribution in [0.3, 0.4) is 0 Å². The van der Waals surface area contributed by atoms with Crippen molar-refractivity contribution in [1.29, 1.82) is 0 Å². The molecule has 2 aromatic rings. The molecule has 23 heavy (non-hydrogen) atoms. The second kappa shape index (κ2) is 5.00. The van der Waals surface area contributed by atoms with E-state index in [0.29, 0.717) is 30.7 Å². The number of carbonyl (C=O) groups is 2. The maximum absolute atomic E-state index is 13.7. The van der Waals surface area contributed by atoms with Gasteiger partial charge in [0.1, 0.15) is 16.9 Å². The molecule has 7 nitrogen and oxygen atoms in total. The molecule has 1 N–H and O–H groups in total. The zero-order chi connectivity index (χ0) is 16.1. The maximum atomic E-state index is 13.7. The van der Waals surface area contributed by atoms with Gasteiger partial charge >= 0.3 is 0 Å². The van der Waals surface area contributed by atoms with Gasteiger partial charge in [-0.2, -0.15) is 15.4 Å². The van der Waals surface area contributed by atoms with Gasteiger partial charge in [0.05, 0.1) is 11.6 Å².